The minimum atomic E-state index is -0.226. The first-order chi connectivity index (χ1) is 13.9. The Morgan fingerprint density at radius 3 is 2.83 bits per heavy atom. The molecule has 3 aromatic rings. The Balaban J connectivity index is 1.43. The van der Waals surface area contributed by atoms with Crippen molar-refractivity contribution in [2.75, 3.05) is 13.2 Å². The predicted octanol–water partition coefficient (Wildman–Crippen LogP) is 2.52. The molecule has 0 spiro atoms. The molecule has 9 heteroatoms. The summed E-state index contributed by atoms with van der Waals surface area (Å²) >= 11 is 0. The summed E-state index contributed by atoms with van der Waals surface area (Å²) in [6.45, 7) is 7.33. The Bertz CT molecular complexity index is 980. The number of carbonyl (C=O) groups excluding carboxylic acids is 1. The van der Waals surface area contributed by atoms with E-state index in [1.54, 1.807) is 23.3 Å². The summed E-state index contributed by atoms with van der Waals surface area (Å²) < 4.78 is 12.6. The first kappa shape index (κ1) is 19.3. The third-order valence-electron chi connectivity index (χ3n) is 4.69. The first-order valence-corrected chi connectivity index (χ1v) is 9.65. The fraction of sp³-hybridized carbons (Fsp3) is 0.450. The standard InChI is InChI=1S/C20H24N6O3/c1-20(2,3)19-24-18(29-25-19)13-6-7-16(21-9-13)26-11-15(23-12-26)17(27)22-10-14-5-4-8-28-14/h6-7,9,11-12,14H,4-5,8,10H2,1-3H3,(H,22,27)/t14-/m0/s1. The van der Waals surface area contributed by atoms with Crippen LogP contribution in [-0.4, -0.2) is 49.8 Å². The van der Waals surface area contributed by atoms with Gasteiger partial charge in [-0.15, -0.1) is 0 Å². The van der Waals surface area contributed by atoms with Crippen molar-refractivity contribution in [3.8, 4) is 17.3 Å². The van der Waals surface area contributed by atoms with Crippen molar-refractivity contribution in [1.29, 1.82) is 0 Å². The van der Waals surface area contributed by atoms with Crippen LogP contribution in [0.25, 0.3) is 17.3 Å². The van der Waals surface area contributed by atoms with Crippen LogP contribution in [0.2, 0.25) is 0 Å². The molecule has 0 aromatic carbocycles. The van der Waals surface area contributed by atoms with Crippen LogP contribution in [0.3, 0.4) is 0 Å². The Hall–Kier alpha value is -3.07. The highest BCUT2D eigenvalue weighted by molar-refractivity contribution is 5.92. The van der Waals surface area contributed by atoms with Crippen LogP contribution in [0.15, 0.2) is 35.4 Å². The van der Waals surface area contributed by atoms with Gasteiger partial charge in [0.25, 0.3) is 11.8 Å². The number of rotatable bonds is 5. The van der Waals surface area contributed by atoms with Gasteiger partial charge in [-0.05, 0) is 25.0 Å². The Kier molecular flexibility index (Phi) is 5.14. The number of nitrogens with one attached hydrogen (secondary N) is 1. The van der Waals surface area contributed by atoms with E-state index >= 15 is 0 Å². The SMILES string of the molecule is CC(C)(C)c1noc(-c2ccc(-n3cnc(C(=O)NC[C@@H]4CCCO4)c3)nc2)n1. The number of imidazole rings is 1. The minimum absolute atomic E-state index is 0.0961. The number of carbonyl (C=O) groups is 1. The topological polar surface area (TPSA) is 108 Å². The highest BCUT2D eigenvalue weighted by atomic mass is 16.5. The van der Waals surface area contributed by atoms with Gasteiger partial charge in [-0.1, -0.05) is 25.9 Å². The van der Waals surface area contributed by atoms with Gasteiger partial charge in [0.05, 0.1) is 11.7 Å². The van der Waals surface area contributed by atoms with Crippen LogP contribution < -0.4 is 5.32 Å². The maximum Gasteiger partial charge on any atom is 0.271 e. The van der Waals surface area contributed by atoms with Crippen molar-refractivity contribution in [3.63, 3.8) is 0 Å². The van der Waals surface area contributed by atoms with Crippen molar-refractivity contribution in [2.45, 2.75) is 45.1 Å². The van der Waals surface area contributed by atoms with Crippen LogP contribution in [0, 0.1) is 0 Å². The average molecular weight is 396 g/mol. The summed E-state index contributed by atoms with van der Waals surface area (Å²) in [6.07, 6.45) is 6.98. The molecule has 29 heavy (non-hydrogen) atoms. The average Bonchev–Trinajstić information content (AvgIpc) is 3.47. The van der Waals surface area contributed by atoms with Gasteiger partial charge in [-0.3, -0.25) is 9.36 Å². The fourth-order valence-corrected chi connectivity index (χ4v) is 2.98. The number of hydrogen-bond donors (Lipinski definition) is 1. The van der Waals surface area contributed by atoms with Crippen molar-refractivity contribution >= 4 is 5.91 Å². The molecule has 0 bridgehead atoms. The van der Waals surface area contributed by atoms with E-state index < -0.39 is 0 Å². The molecule has 0 radical (unpaired) electrons. The molecule has 0 unspecified atom stereocenters. The number of amides is 1. The van der Waals surface area contributed by atoms with Gasteiger partial charge >= 0.3 is 0 Å². The zero-order valence-electron chi connectivity index (χ0n) is 16.8. The summed E-state index contributed by atoms with van der Waals surface area (Å²) in [5.74, 6) is 1.48. The third kappa shape index (κ3) is 4.34. The van der Waals surface area contributed by atoms with Crippen LogP contribution in [0.5, 0.6) is 0 Å². The lowest BCUT2D eigenvalue weighted by atomic mass is 9.96. The van der Waals surface area contributed by atoms with Gasteiger partial charge < -0.3 is 14.6 Å². The number of pyridine rings is 1. The lowest BCUT2D eigenvalue weighted by Gasteiger charge is -2.10. The summed E-state index contributed by atoms with van der Waals surface area (Å²) in [4.78, 5) is 25.3. The maximum atomic E-state index is 12.3. The predicted molar refractivity (Wildman–Crippen MR) is 105 cm³/mol. The summed E-state index contributed by atoms with van der Waals surface area (Å²) in [6, 6.07) is 3.66. The zero-order chi connectivity index (χ0) is 20.4. The Morgan fingerprint density at radius 1 is 1.31 bits per heavy atom. The zero-order valence-corrected chi connectivity index (χ0v) is 16.8. The fourth-order valence-electron chi connectivity index (χ4n) is 2.98. The molecule has 1 saturated heterocycles. The van der Waals surface area contributed by atoms with Crippen molar-refractivity contribution in [1.82, 2.24) is 30.0 Å². The molecular weight excluding hydrogens is 372 g/mol. The van der Waals surface area contributed by atoms with Crippen molar-refractivity contribution < 1.29 is 14.1 Å². The third-order valence-corrected chi connectivity index (χ3v) is 4.69. The van der Waals surface area contributed by atoms with Gasteiger partial charge in [0.15, 0.2) is 5.82 Å². The summed E-state index contributed by atoms with van der Waals surface area (Å²) in [5, 5.41) is 6.89. The van der Waals surface area contributed by atoms with Gasteiger partial charge in [-0.2, -0.15) is 4.98 Å². The molecule has 3 aromatic heterocycles. The van der Waals surface area contributed by atoms with Gasteiger partial charge in [-0.25, -0.2) is 9.97 Å². The molecule has 1 aliphatic heterocycles. The van der Waals surface area contributed by atoms with E-state index in [1.165, 1.54) is 0 Å². The molecule has 152 valence electrons. The summed E-state index contributed by atoms with van der Waals surface area (Å²) in [5.41, 5.74) is 0.874. The molecule has 0 aliphatic carbocycles. The molecule has 1 atom stereocenters. The van der Waals surface area contributed by atoms with E-state index in [0.717, 1.165) is 25.0 Å². The molecule has 1 fully saturated rings. The second-order valence-corrected chi connectivity index (χ2v) is 8.09. The van der Waals surface area contributed by atoms with E-state index in [2.05, 4.69) is 25.4 Å². The van der Waals surface area contributed by atoms with E-state index in [1.807, 2.05) is 32.9 Å². The highest BCUT2D eigenvalue weighted by Gasteiger charge is 2.22. The second kappa shape index (κ2) is 7.75. The van der Waals surface area contributed by atoms with Crippen LogP contribution >= 0.6 is 0 Å². The van der Waals surface area contributed by atoms with Crippen LogP contribution in [0.4, 0.5) is 0 Å². The highest BCUT2D eigenvalue weighted by Crippen LogP contribution is 2.23. The second-order valence-electron chi connectivity index (χ2n) is 8.09. The van der Waals surface area contributed by atoms with Crippen LogP contribution in [-0.2, 0) is 10.2 Å². The van der Waals surface area contributed by atoms with Crippen LogP contribution in [0.1, 0.15) is 49.9 Å². The van der Waals surface area contributed by atoms with E-state index in [4.69, 9.17) is 9.26 Å². The van der Waals surface area contributed by atoms with E-state index in [-0.39, 0.29) is 17.4 Å². The number of ether oxygens (including phenoxy) is 1. The molecule has 9 nitrogen and oxygen atoms in total. The number of hydrogen-bond acceptors (Lipinski definition) is 7. The monoisotopic (exact) mass is 396 g/mol. The number of nitrogens with zero attached hydrogens (tertiary/aromatic N) is 5. The van der Waals surface area contributed by atoms with Crippen molar-refractivity contribution in [3.05, 3.63) is 42.4 Å². The van der Waals surface area contributed by atoms with E-state index in [0.29, 0.717) is 29.8 Å². The first-order valence-electron chi connectivity index (χ1n) is 9.65. The summed E-state index contributed by atoms with van der Waals surface area (Å²) in [7, 11) is 0. The van der Waals surface area contributed by atoms with Crippen molar-refractivity contribution in [2.24, 2.45) is 0 Å². The maximum absolute atomic E-state index is 12.3. The molecule has 1 aliphatic rings. The lowest BCUT2D eigenvalue weighted by molar-refractivity contribution is 0.0854. The Labute approximate surface area is 168 Å². The molecule has 1 amide bonds. The lowest BCUT2D eigenvalue weighted by Crippen LogP contribution is -2.31. The van der Waals surface area contributed by atoms with E-state index in [9.17, 15) is 4.79 Å². The normalized spacial score (nSPS) is 16.9. The Morgan fingerprint density at radius 2 is 2.17 bits per heavy atom. The largest absolute Gasteiger partial charge is 0.376 e. The van der Waals surface area contributed by atoms with Gasteiger partial charge in [0.2, 0.25) is 0 Å². The molecule has 1 N–H and O–H groups in total. The smallest absolute Gasteiger partial charge is 0.271 e. The van der Waals surface area contributed by atoms with Gasteiger partial charge in [0, 0.05) is 31.0 Å². The number of aromatic nitrogens is 5. The van der Waals surface area contributed by atoms with Gasteiger partial charge in [0.1, 0.15) is 17.8 Å². The minimum Gasteiger partial charge on any atom is -0.376 e. The quantitative estimate of drug-likeness (QED) is 0.706. The molecule has 0 saturated carbocycles. The molecular formula is C20H24N6O3. The molecule has 4 rings (SSSR count). The molecule has 4 heterocycles.